The number of aromatic amines is 1. The zero-order valence-corrected chi connectivity index (χ0v) is 11.5. The number of nitrogens with zero attached hydrogens (tertiary/aromatic N) is 4. The van der Waals surface area contributed by atoms with E-state index in [2.05, 4.69) is 15.0 Å². The molecule has 11 nitrogen and oxygen atoms in total. The molecule has 0 bridgehead atoms. The van der Waals surface area contributed by atoms with Crippen LogP contribution in [0.15, 0.2) is 11.1 Å². The highest BCUT2D eigenvalue weighted by Gasteiger charge is 2.19. The number of carbonyl (C=O) groups excluding carboxylic acids is 1. The Kier molecular flexibility index (Phi) is 4.36. The van der Waals surface area contributed by atoms with Crippen LogP contribution < -0.4 is 17.0 Å². The molecule has 0 saturated carbocycles. The van der Waals surface area contributed by atoms with Crippen molar-refractivity contribution in [1.29, 1.82) is 0 Å². The number of hydrogen-bond donors (Lipinski definition) is 4. The molecule has 0 aliphatic heterocycles. The van der Waals surface area contributed by atoms with Gasteiger partial charge >= 0.3 is 5.97 Å². The van der Waals surface area contributed by atoms with Crippen LogP contribution in [0.2, 0.25) is 0 Å². The molecule has 0 atom stereocenters. The number of carbonyl (C=O) groups is 2. The number of fused-ring (bicyclic) bond motifs is 1. The monoisotopic (exact) mass is 309 g/mol. The van der Waals surface area contributed by atoms with Crippen LogP contribution in [0.4, 0.5) is 5.95 Å². The molecule has 2 aromatic rings. The summed E-state index contributed by atoms with van der Waals surface area (Å²) in [4.78, 5) is 46.5. The minimum Gasteiger partial charge on any atom is -0.480 e. The summed E-state index contributed by atoms with van der Waals surface area (Å²) in [6.07, 6.45) is 1.29. The van der Waals surface area contributed by atoms with E-state index in [1.54, 1.807) is 0 Å². The highest BCUT2D eigenvalue weighted by atomic mass is 16.4. The number of aromatic nitrogens is 4. The van der Waals surface area contributed by atoms with Crippen molar-refractivity contribution in [3.05, 3.63) is 16.7 Å². The van der Waals surface area contributed by atoms with E-state index in [0.717, 1.165) is 9.47 Å². The lowest BCUT2D eigenvalue weighted by molar-refractivity contribution is -0.144. The molecule has 2 heterocycles. The number of nitrogen functional groups attached to an aromatic ring is 1. The van der Waals surface area contributed by atoms with Crippen LogP contribution in [-0.2, 0) is 16.1 Å². The third kappa shape index (κ3) is 3.03. The Balaban J connectivity index is 2.30. The average Bonchev–Trinajstić information content (AvgIpc) is 2.90. The summed E-state index contributed by atoms with van der Waals surface area (Å²) >= 11 is 0. The Bertz CT molecular complexity index is 765. The molecule has 11 heteroatoms. The molecular weight excluding hydrogens is 294 g/mol. The van der Waals surface area contributed by atoms with Gasteiger partial charge in [0.05, 0.1) is 6.33 Å². The second-order valence-electron chi connectivity index (χ2n) is 4.46. The minimum atomic E-state index is -1.18. The van der Waals surface area contributed by atoms with Crippen molar-refractivity contribution in [2.24, 2.45) is 5.73 Å². The number of nitrogens with two attached hydrogens (primary N) is 2. The van der Waals surface area contributed by atoms with Gasteiger partial charge in [-0.05, 0) is 0 Å². The summed E-state index contributed by atoms with van der Waals surface area (Å²) < 4.78 is 0.953. The summed E-state index contributed by atoms with van der Waals surface area (Å²) in [7, 11) is 0. The van der Waals surface area contributed by atoms with Crippen molar-refractivity contribution in [3.8, 4) is 0 Å². The predicted octanol–water partition coefficient (Wildman–Crippen LogP) is -2.43. The standard InChI is InChI=1S/C11H15N7O4/c12-1-2-17(4-7(20)21)6(19)3-18-10(22)8-9(15-5-14-8)16-11(18)13/h5H,1-4,12H2,(H2,13,16)(H,14,15)(H,20,21). The van der Waals surface area contributed by atoms with Gasteiger partial charge in [-0.1, -0.05) is 0 Å². The van der Waals surface area contributed by atoms with Gasteiger partial charge in [0.25, 0.3) is 5.56 Å². The van der Waals surface area contributed by atoms with Crippen LogP contribution >= 0.6 is 0 Å². The smallest absolute Gasteiger partial charge is 0.323 e. The lowest BCUT2D eigenvalue weighted by atomic mass is 10.4. The molecule has 0 unspecified atom stereocenters. The molecule has 2 aromatic heterocycles. The molecule has 6 N–H and O–H groups in total. The second-order valence-corrected chi connectivity index (χ2v) is 4.46. The van der Waals surface area contributed by atoms with Crippen LogP contribution in [0.3, 0.4) is 0 Å². The summed E-state index contributed by atoms with van der Waals surface area (Å²) in [5.74, 6) is -1.95. The first-order valence-corrected chi connectivity index (χ1v) is 6.33. The minimum absolute atomic E-state index is 0.0551. The lowest BCUT2D eigenvalue weighted by Crippen LogP contribution is -2.42. The number of anilines is 1. The third-order valence-corrected chi connectivity index (χ3v) is 2.95. The Morgan fingerprint density at radius 2 is 2.18 bits per heavy atom. The number of imidazole rings is 1. The molecule has 2 rings (SSSR count). The Morgan fingerprint density at radius 3 is 2.82 bits per heavy atom. The molecule has 0 aromatic carbocycles. The maximum atomic E-state index is 12.2. The van der Waals surface area contributed by atoms with E-state index in [9.17, 15) is 14.4 Å². The van der Waals surface area contributed by atoms with Crippen LogP contribution in [0, 0.1) is 0 Å². The molecule has 0 radical (unpaired) electrons. The normalized spacial score (nSPS) is 10.8. The van der Waals surface area contributed by atoms with Gasteiger partial charge in [-0.25, -0.2) is 4.98 Å². The van der Waals surface area contributed by atoms with Gasteiger partial charge in [-0.3, -0.25) is 19.0 Å². The van der Waals surface area contributed by atoms with Crippen molar-refractivity contribution >= 4 is 29.0 Å². The van der Waals surface area contributed by atoms with Crippen molar-refractivity contribution < 1.29 is 14.7 Å². The van der Waals surface area contributed by atoms with Crippen molar-refractivity contribution in [1.82, 2.24) is 24.4 Å². The van der Waals surface area contributed by atoms with Gasteiger partial charge in [0, 0.05) is 13.1 Å². The van der Waals surface area contributed by atoms with E-state index in [4.69, 9.17) is 16.6 Å². The summed E-state index contributed by atoms with van der Waals surface area (Å²) in [5.41, 5.74) is 10.7. The van der Waals surface area contributed by atoms with Gasteiger partial charge in [0.2, 0.25) is 11.9 Å². The first kappa shape index (κ1) is 15.4. The number of H-pyrrole nitrogens is 1. The van der Waals surface area contributed by atoms with Crippen molar-refractivity contribution in [2.75, 3.05) is 25.4 Å². The van der Waals surface area contributed by atoms with E-state index in [0.29, 0.717) is 0 Å². The Hall–Kier alpha value is -2.95. The molecule has 118 valence electrons. The van der Waals surface area contributed by atoms with Crippen LogP contribution in [0.1, 0.15) is 0 Å². The van der Waals surface area contributed by atoms with Gasteiger partial charge in [0.1, 0.15) is 13.1 Å². The fraction of sp³-hybridized carbons (Fsp3) is 0.364. The maximum Gasteiger partial charge on any atom is 0.323 e. The third-order valence-electron chi connectivity index (χ3n) is 2.95. The first-order valence-electron chi connectivity index (χ1n) is 6.33. The van der Waals surface area contributed by atoms with Crippen LogP contribution in [0.5, 0.6) is 0 Å². The van der Waals surface area contributed by atoms with Crippen LogP contribution in [-0.4, -0.2) is 61.0 Å². The molecule has 0 saturated heterocycles. The van der Waals surface area contributed by atoms with Gasteiger partial charge < -0.3 is 26.5 Å². The topological polar surface area (TPSA) is 173 Å². The molecule has 0 aliphatic rings. The number of carboxylic acids is 1. The van der Waals surface area contributed by atoms with E-state index < -0.39 is 30.5 Å². The van der Waals surface area contributed by atoms with E-state index in [1.807, 2.05) is 0 Å². The largest absolute Gasteiger partial charge is 0.480 e. The number of rotatable bonds is 6. The summed E-state index contributed by atoms with van der Waals surface area (Å²) in [6.45, 7) is -0.787. The quantitative estimate of drug-likeness (QED) is 0.455. The van der Waals surface area contributed by atoms with Crippen molar-refractivity contribution in [2.45, 2.75) is 6.54 Å². The highest BCUT2D eigenvalue weighted by molar-refractivity contribution is 5.81. The first-order chi connectivity index (χ1) is 10.4. The fourth-order valence-electron chi connectivity index (χ4n) is 1.94. The molecular formula is C11H15N7O4. The van der Waals surface area contributed by atoms with E-state index in [1.165, 1.54) is 6.33 Å². The number of amides is 1. The average molecular weight is 309 g/mol. The molecule has 0 fully saturated rings. The Morgan fingerprint density at radius 1 is 1.45 bits per heavy atom. The van der Waals surface area contributed by atoms with Gasteiger partial charge in [-0.2, -0.15) is 4.98 Å². The van der Waals surface area contributed by atoms with Gasteiger partial charge in [-0.15, -0.1) is 0 Å². The van der Waals surface area contributed by atoms with Crippen LogP contribution in [0.25, 0.3) is 11.2 Å². The number of nitrogens with one attached hydrogen (secondary N) is 1. The molecule has 22 heavy (non-hydrogen) atoms. The maximum absolute atomic E-state index is 12.2. The lowest BCUT2D eigenvalue weighted by Gasteiger charge is -2.20. The van der Waals surface area contributed by atoms with E-state index in [-0.39, 0.29) is 30.2 Å². The van der Waals surface area contributed by atoms with Crippen molar-refractivity contribution in [3.63, 3.8) is 0 Å². The van der Waals surface area contributed by atoms with E-state index >= 15 is 0 Å². The predicted molar refractivity (Wildman–Crippen MR) is 75.8 cm³/mol. The summed E-state index contributed by atoms with van der Waals surface area (Å²) in [6, 6.07) is 0. The SMILES string of the molecule is NCCN(CC(=O)O)C(=O)Cn1c(N)nc2nc[nH]c2c1=O. The molecule has 0 aliphatic carbocycles. The highest BCUT2D eigenvalue weighted by Crippen LogP contribution is 2.04. The number of hydrogen-bond acceptors (Lipinski definition) is 7. The number of carboxylic acid groups (broad SMARTS) is 1. The fourth-order valence-corrected chi connectivity index (χ4v) is 1.94. The van der Waals surface area contributed by atoms with Gasteiger partial charge in [0.15, 0.2) is 11.2 Å². The summed E-state index contributed by atoms with van der Waals surface area (Å²) in [5, 5.41) is 8.79. The Labute approximate surface area is 123 Å². The molecule has 0 spiro atoms. The second kappa shape index (κ2) is 6.22. The zero-order chi connectivity index (χ0) is 16.3. The number of aliphatic carboxylic acids is 1. The zero-order valence-electron chi connectivity index (χ0n) is 11.5. The molecule has 1 amide bonds.